The summed E-state index contributed by atoms with van der Waals surface area (Å²) in [7, 11) is 1.67. The van der Waals surface area contributed by atoms with Crippen molar-refractivity contribution in [1.82, 2.24) is 15.4 Å². The van der Waals surface area contributed by atoms with E-state index in [2.05, 4.69) is 34.4 Å². The van der Waals surface area contributed by atoms with Gasteiger partial charge in [-0.15, -0.1) is 0 Å². The van der Waals surface area contributed by atoms with E-state index >= 15 is 0 Å². The van der Waals surface area contributed by atoms with Gasteiger partial charge in [0.05, 0.1) is 7.11 Å². The fourth-order valence-corrected chi connectivity index (χ4v) is 3.57. The number of ether oxygens (including phenoxy) is 1. The Morgan fingerprint density at radius 2 is 2.08 bits per heavy atom. The predicted octanol–water partition coefficient (Wildman–Crippen LogP) is 2.81. The Hall–Kier alpha value is -2.34. The van der Waals surface area contributed by atoms with Crippen LogP contribution in [0.4, 0.5) is 0 Å². The maximum Gasteiger partial charge on any atom is 0.273 e. The Morgan fingerprint density at radius 3 is 2.77 bits per heavy atom. The molecule has 2 atom stereocenters. The lowest BCUT2D eigenvalue weighted by Gasteiger charge is -2.17. The van der Waals surface area contributed by atoms with Gasteiger partial charge in [0.15, 0.2) is 5.69 Å². The first kappa shape index (κ1) is 17.1. The number of nitrogens with zero attached hydrogens (tertiary/aromatic N) is 2. The van der Waals surface area contributed by atoms with E-state index in [1.165, 1.54) is 5.56 Å². The Morgan fingerprint density at radius 1 is 1.31 bits per heavy atom. The number of carbonyl (C=O) groups excluding carboxylic acids is 1. The molecule has 1 amide bonds. The summed E-state index contributed by atoms with van der Waals surface area (Å²) < 4.78 is 10.5. The molecule has 1 saturated heterocycles. The van der Waals surface area contributed by atoms with Gasteiger partial charge in [0.25, 0.3) is 5.91 Å². The summed E-state index contributed by atoms with van der Waals surface area (Å²) in [5.74, 6) is 2.44. The van der Waals surface area contributed by atoms with Crippen molar-refractivity contribution < 1.29 is 14.1 Å². The maximum absolute atomic E-state index is 12.5. The van der Waals surface area contributed by atoms with Crippen molar-refractivity contribution in [2.24, 2.45) is 5.92 Å². The van der Waals surface area contributed by atoms with E-state index in [1.54, 1.807) is 13.2 Å². The third kappa shape index (κ3) is 3.75. The molecule has 1 aromatic heterocycles. The predicted molar refractivity (Wildman–Crippen MR) is 97.2 cm³/mol. The monoisotopic (exact) mass is 355 g/mol. The highest BCUT2D eigenvalue weighted by Gasteiger charge is 2.33. The molecule has 0 radical (unpaired) electrons. The average Bonchev–Trinajstić information content (AvgIpc) is 3.27. The van der Waals surface area contributed by atoms with Crippen LogP contribution in [0.2, 0.25) is 0 Å². The van der Waals surface area contributed by atoms with Crippen LogP contribution in [0.15, 0.2) is 34.9 Å². The molecule has 26 heavy (non-hydrogen) atoms. The molecule has 1 aliphatic heterocycles. The molecule has 6 heteroatoms. The van der Waals surface area contributed by atoms with E-state index in [-0.39, 0.29) is 11.9 Å². The number of nitrogens with one attached hydrogen (secondary N) is 1. The second-order valence-corrected chi connectivity index (χ2v) is 7.49. The van der Waals surface area contributed by atoms with Crippen molar-refractivity contribution in [3.05, 3.63) is 47.3 Å². The number of benzene rings is 1. The van der Waals surface area contributed by atoms with Crippen LogP contribution in [0.1, 0.15) is 47.5 Å². The zero-order chi connectivity index (χ0) is 18.1. The summed E-state index contributed by atoms with van der Waals surface area (Å²) in [6.45, 7) is 4.85. The number of carbonyl (C=O) groups is 1. The normalized spacial score (nSPS) is 23.2. The second-order valence-electron chi connectivity index (χ2n) is 7.49. The molecule has 1 aliphatic carbocycles. The molecular formula is C20H25N3O3. The van der Waals surface area contributed by atoms with E-state index in [9.17, 15) is 4.79 Å². The summed E-state index contributed by atoms with van der Waals surface area (Å²) in [6, 6.07) is 10.1. The van der Waals surface area contributed by atoms with Crippen LogP contribution >= 0.6 is 0 Å². The lowest BCUT2D eigenvalue weighted by molar-refractivity contribution is 0.0922. The number of methoxy groups -OCH3 is 1. The standard InChI is InChI=1S/C20H25N3O3/c1-13-10-23(11-14-3-7-16(25-2)8-4-14)12-18(13)21-20(24)17-9-19(26-22-17)15-5-6-15/h3-4,7-9,13,15,18H,5-6,10-12H2,1-2H3,(H,21,24)/t13-,18-/m1/s1. The van der Waals surface area contributed by atoms with E-state index in [4.69, 9.17) is 9.26 Å². The average molecular weight is 355 g/mol. The molecule has 0 spiro atoms. The number of hydrogen-bond acceptors (Lipinski definition) is 5. The molecule has 1 N–H and O–H groups in total. The van der Waals surface area contributed by atoms with Gasteiger partial charge in [-0.1, -0.05) is 24.2 Å². The second kappa shape index (κ2) is 7.11. The van der Waals surface area contributed by atoms with Crippen LogP contribution < -0.4 is 10.1 Å². The summed E-state index contributed by atoms with van der Waals surface area (Å²) in [5.41, 5.74) is 1.64. The fourth-order valence-electron chi connectivity index (χ4n) is 3.57. The van der Waals surface area contributed by atoms with Crippen LogP contribution in [0, 0.1) is 5.92 Å². The number of aromatic nitrogens is 1. The van der Waals surface area contributed by atoms with Crippen LogP contribution in [-0.4, -0.2) is 42.2 Å². The van der Waals surface area contributed by atoms with Gasteiger partial charge < -0.3 is 14.6 Å². The highest BCUT2D eigenvalue weighted by atomic mass is 16.5. The zero-order valence-electron chi connectivity index (χ0n) is 15.3. The van der Waals surface area contributed by atoms with Crippen molar-refractivity contribution in [3.63, 3.8) is 0 Å². The van der Waals surface area contributed by atoms with E-state index in [0.717, 1.165) is 44.0 Å². The first-order valence-electron chi connectivity index (χ1n) is 9.25. The lowest BCUT2D eigenvalue weighted by Crippen LogP contribution is -2.39. The molecule has 0 bridgehead atoms. The van der Waals surface area contributed by atoms with Crippen LogP contribution in [-0.2, 0) is 6.54 Å². The lowest BCUT2D eigenvalue weighted by atomic mass is 10.1. The molecule has 2 fully saturated rings. The van der Waals surface area contributed by atoms with Gasteiger partial charge in [0, 0.05) is 37.7 Å². The molecule has 1 aromatic carbocycles. The minimum Gasteiger partial charge on any atom is -0.497 e. The Balaban J connectivity index is 1.33. The minimum atomic E-state index is -0.135. The van der Waals surface area contributed by atoms with Crippen LogP contribution in [0.25, 0.3) is 0 Å². The van der Waals surface area contributed by atoms with Crippen molar-refractivity contribution in [3.8, 4) is 5.75 Å². The van der Waals surface area contributed by atoms with Gasteiger partial charge in [-0.2, -0.15) is 0 Å². The molecule has 4 rings (SSSR count). The fraction of sp³-hybridized carbons (Fsp3) is 0.500. The number of hydrogen-bond donors (Lipinski definition) is 1. The minimum absolute atomic E-state index is 0.127. The maximum atomic E-state index is 12.5. The molecule has 0 unspecified atom stereocenters. The smallest absolute Gasteiger partial charge is 0.273 e. The quantitative estimate of drug-likeness (QED) is 0.863. The molecule has 1 saturated carbocycles. The van der Waals surface area contributed by atoms with Crippen LogP contribution in [0.5, 0.6) is 5.75 Å². The first-order chi connectivity index (χ1) is 12.6. The molecular weight excluding hydrogens is 330 g/mol. The van der Waals surface area contributed by atoms with E-state index in [1.807, 2.05) is 12.1 Å². The largest absolute Gasteiger partial charge is 0.497 e. The van der Waals surface area contributed by atoms with E-state index in [0.29, 0.717) is 17.5 Å². The van der Waals surface area contributed by atoms with Gasteiger partial charge in [-0.3, -0.25) is 9.69 Å². The molecule has 138 valence electrons. The Bertz CT molecular complexity index is 767. The Labute approximate surface area is 153 Å². The number of likely N-dealkylation sites (tertiary alicyclic amines) is 1. The number of rotatable bonds is 6. The summed E-state index contributed by atoms with van der Waals surface area (Å²) >= 11 is 0. The van der Waals surface area contributed by atoms with Crippen molar-refractivity contribution >= 4 is 5.91 Å². The molecule has 2 heterocycles. The van der Waals surface area contributed by atoms with Crippen molar-refractivity contribution in [2.75, 3.05) is 20.2 Å². The van der Waals surface area contributed by atoms with Gasteiger partial charge in [-0.25, -0.2) is 0 Å². The topological polar surface area (TPSA) is 67.6 Å². The van der Waals surface area contributed by atoms with Gasteiger partial charge >= 0.3 is 0 Å². The summed E-state index contributed by atoms with van der Waals surface area (Å²) in [6.07, 6.45) is 2.27. The SMILES string of the molecule is COc1ccc(CN2C[C@@H](C)[C@H](NC(=O)c3cc(C4CC4)on3)C2)cc1. The van der Waals surface area contributed by atoms with Crippen LogP contribution in [0.3, 0.4) is 0 Å². The van der Waals surface area contributed by atoms with Gasteiger partial charge in [0.1, 0.15) is 11.5 Å². The first-order valence-corrected chi connectivity index (χ1v) is 9.25. The molecule has 6 nitrogen and oxygen atoms in total. The zero-order valence-corrected chi connectivity index (χ0v) is 15.3. The highest BCUT2D eigenvalue weighted by molar-refractivity contribution is 5.92. The third-order valence-corrected chi connectivity index (χ3v) is 5.31. The number of amides is 1. The Kier molecular flexibility index (Phi) is 4.68. The summed E-state index contributed by atoms with van der Waals surface area (Å²) in [4.78, 5) is 14.8. The highest BCUT2D eigenvalue weighted by Crippen LogP contribution is 2.40. The third-order valence-electron chi connectivity index (χ3n) is 5.31. The molecule has 2 aromatic rings. The summed E-state index contributed by atoms with van der Waals surface area (Å²) in [5, 5.41) is 7.06. The van der Waals surface area contributed by atoms with Gasteiger partial charge in [0.2, 0.25) is 0 Å². The van der Waals surface area contributed by atoms with Crippen molar-refractivity contribution in [2.45, 2.75) is 38.3 Å². The van der Waals surface area contributed by atoms with Crippen molar-refractivity contribution in [1.29, 1.82) is 0 Å². The van der Waals surface area contributed by atoms with Gasteiger partial charge in [-0.05, 0) is 36.5 Å². The molecule has 2 aliphatic rings. The van der Waals surface area contributed by atoms with E-state index < -0.39 is 0 Å².